The van der Waals surface area contributed by atoms with Gasteiger partial charge in [0.1, 0.15) is 5.82 Å². The van der Waals surface area contributed by atoms with Crippen molar-refractivity contribution in [3.8, 4) is 0 Å². The third-order valence-corrected chi connectivity index (χ3v) is 6.11. The predicted octanol–water partition coefficient (Wildman–Crippen LogP) is 4.17. The maximum atomic E-state index is 13.4. The molecule has 0 saturated carbocycles. The van der Waals surface area contributed by atoms with Crippen LogP contribution in [0.1, 0.15) is 25.2 Å². The summed E-state index contributed by atoms with van der Waals surface area (Å²) in [5.74, 6) is 0.634. The van der Waals surface area contributed by atoms with Crippen molar-refractivity contribution in [2.45, 2.75) is 35.6 Å². The standard InChI is InChI=1S/C16H17F2N5OS2/c17-14(18)23-12-6-2-1-5-11(12)20-13(23)9-25-16-22-21-15(26-16)19-8-10-4-3-7-24-10/h1-2,5-6,10,14H,3-4,7-9H2,(H,19,21). The number of benzene rings is 1. The van der Waals surface area contributed by atoms with Crippen LogP contribution in [0.5, 0.6) is 0 Å². The largest absolute Gasteiger partial charge is 0.376 e. The van der Waals surface area contributed by atoms with Crippen LogP contribution in [-0.4, -0.2) is 39.0 Å². The van der Waals surface area contributed by atoms with Crippen molar-refractivity contribution in [2.75, 3.05) is 18.5 Å². The van der Waals surface area contributed by atoms with Gasteiger partial charge in [0.05, 0.1) is 22.9 Å². The Balaban J connectivity index is 1.41. The molecule has 1 N–H and O–H groups in total. The molecule has 1 aliphatic rings. The van der Waals surface area contributed by atoms with Crippen molar-refractivity contribution < 1.29 is 13.5 Å². The maximum absolute atomic E-state index is 13.4. The number of anilines is 1. The fraction of sp³-hybridized carbons (Fsp3) is 0.438. The fourth-order valence-electron chi connectivity index (χ4n) is 2.89. The topological polar surface area (TPSA) is 64.9 Å². The summed E-state index contributed by atoms with van der Waals surface area (Å²) in [4.78, 5) is 4.33. The highest BCUT2D eigenvalue weighted by atomic mass is 32.2. The van der Waals surface area contributed by atoms with Gasteiger partial charge < -0.3 is 10.1 Å². The van der Waals surface area contributed by atoms with E-state index in [0.29, 0.717) is 38.6 Å². The molecule has 3 heterocycles. The van der Waals surface area contributed by atoms with Crippen LogP contribution in [0.4, 0.5) is 13.9 Å². The number of para-hydroxylation sites is 2. The van der Waals surface area contributed by atoms with E-state index in [-0.39, 0.29) is 6.10 Å². The van der Waals surface area contributed by atoms with Gasteiger partial charge in [0.25, 0.3) is 0 Å². The number of thioether (sulfide) groups is 1. The molecular formula is C16H17F2N5OS2. The number of aromatic nitrogens is 4. The van der Waals surface area contributed by atoms with E-state index in [2.05, 4.69) is 20.5 Å². The summed E-state index contributed by atoms with van der Waals surface area (Å²) < 4.78 is 34.1. The first kappa shape index (κ1) is 17.6. The summed E-state index contributed by atoms with van der Waals surface area (Å²) in [6.45, 7) is -1.11. The van der Waals surface area contributed by atoms with E-state index in [1.165, 1.54) is 23.1 Å². The highest BCUT2D eigenvalue weighted by molar-refractivity contribution is 8.00. The number of alkyl halides is 2. The first-order valence-electron chi connectivity index (χ1n) is 8.26. The van der Waals surface area contributed by atoms with Gasteiger partial charge in [-0.3, -0.25) is 4.57 Å². The fourth-order valence-corrected chi connectivity index (χ4v) is 4.57. The van der Waals surface area contributed by atoms with Crippen LogP contribution < -0.4 is 5.32 Å². The van der Waals surface area contributed by atoms with Gasteiger partial charge in [-0.15, -0.1) is 10.2 Å². The molecule has 10 heteroatoms. The molecule has 1 unspecified atom stereocenters. The predicted molar refractivity (Wildman–Crippen MR) is 97.9 cm³/mol. The number of imidazole rings is 1. The van der Waals surface area contributed by atoms with Crippen LogP contribution >= 0.6 is 23.1 Å². The lowest BCUT2D eigenvalue weighted by Crippen LogP contribution is -2.18. The lowest BCUT2D eigenvalue weighted by molar-refractivity contribution is 0.0722. The molecule has 1 aromatic carbocycles. The SMILES string of the molecule is FC(F)n1c(CSc2nnc(NCC3CCCO3)s2)nc2ccccc21. The average molecular weight is 397 g/mol. The number of halogens is 2. The highest BCUT2D eigenvalue weighted by Gasteiger charge is 2.19. The molecular weight excluding hydrogens is 380 g/mol. The molecule has 138 valence electrons. The quantitative estimate of drug-likeness (QED) is 0.604. The summed E-state index contributed by atoms with van der Waals surface area (Å²) in [5, 5.41) is 12.1. The molecule has 2 aromatic heterocycles. The van der Waals surface area contributed by atoms with Gasteiger partial charge in [-0.25, -0.2) is 4.98 Å². The maximum Gasteiger partial charge on any atom is 0.320 e. The number of nitrogens with zero attached hydrogens (tertiary/aromatic N) is 4. The number of nitrogens with one attached hydrogen (secondary N) is 1. The summed E-state index contributed by atoms with van der Waals surface area (Å²) >= 11 is 2.76. The Hall–Kier alpha value is -1.78. The molecule has 0 spiro atoms. The zero-order valence-electron chi connectivity index (χ0n) is 13.8. The summed E-state index contributed by atoms with van der Waals surface area (Å²) in [6.07, 6.45) is 2.37. The Morgan fingerprint density at radius 2 is 2.23 bits per heavy atom. The molecule has 4 rings (SSSR count). The third-order valence-electron chi connectivity index (χ3n) is 4.10. The molecule has 0 radical (unpaired) electrons. The number of hydrogen-bond donors (Lipinski definition) is 1. The van der Waals surface area contributed by atoms with Gasteiger partial charge in [-0.2, -0.15) is 8.78 Å². The van der Waals surface area contributed by atoms with E-state index in [1.54, 1.807) is 24.3 Å². The van der Waals surface area contributed by atoms with Crippen molar-refractivity contribution in [1.29, 1.82) is 0 Å². The first-order valence-corrected chi connectivity index (χ1v) is 10.1. The molecule has 1 aliphatic heterocycles. The molecule has 26 heavy (non-hydrogen) atoms. The van der Waals surface area contributed by atoms with Crippen LogP contribution in [0.3, 0.4) is 0 Å². The third kappa shape index (κ3) is 3.81. The van der Waals surface area contributed by atoms with Gasteiger partial charge in [-0.1, -0.05) is 35.2 Å². The Morgan fingerprint density at radius 1 is 1.35 bits per heavy atom. The monoisotopic (exact) mass is 397 g/mol. The molecule has 1 fully saturated rings. The molecule has 3 aromatic rings. The van der Waals surface area contributed by atoms with E-state index >= 15 is 0 Å². The van der Waals surface area contributed by atoms with Crippen molar-refractivity contribution in [3.63, 3.8) is 0 Å². The van der Waals surface area contributed by atoms with Crippen molar-refractivity contribution in [1.82, 2.24) is 19.7 Å². The van der Waals surface area contributed by atoms with Crippen molar-refractivity contribution in [3.05, 3.63) is 30.1 Å². The van der Waals surface area contributed by atoms with E-state index < -0.39 is 6.55 Å². The van der Waals surface area contributed by atoms with Crippen LogP contribution in [0.15, 0.2) is 28.6 Å². The Kier molecular flexibility index (Phi) is 5.32. The van der Waals surface area contributed by atoms with Crippen LogP contribution in [0.25, 0.3) is 11.0 Å². The van der Waals surface area contributed by atoms with Gasteiger partial charge in [0, 0.05) is 13.2 Å². The number of ether oxygens (including phenoxy) is 1. The van der Waals surface area contributed by atoms with E-state index in [9.17, 15) is 8.78 Å². The van der Waals surface area contributed by atoms with E-state index in [0.717, 1.165) is 24.0 Å². The van der Waals surface area contributed by atoms with Crippen molar-refractivity contribution >= 4 is 39.3 Å². The number of fused-ring (bicyclic) bond motifs is 1. The highest BCUT2D eigenvalue weighted by Crippen LogP contribution is 2.31. The van der Waals surface area contributed by atoms with Gasteiger partial charge >= 0.3 is 6.55 Å². The first-order chi connectivity index (χ1) is 12.7. The lowest BCUT2D eigenvalue weighted by atomic mass is 10.2. The molecule has 0 bridgehead atoms. The van der Waals surface area contributed by atoms with Crippen LogP contribution in [0, 0.1) is 0 Å². The minimum absolute atomic E-state index is 0.223. The molecule has 1 saturated heterocycles. The van der Waals surface area contributed by atoms with Crippen LogP contribution in [0.2, 0.25) is 0 Å². The number of hydrogen-bond acceptors (Lipinski definition) is 7. The minimum Gasteiger partial charge on any atom is -0.376 e. The smallest absolute Gasteiger partial charge is 0.320 e. The molecule has 1 atom stereocenters. The molecule has 0 aliphatic carbocycles. The zero-order valence-corrected chi connectivity index (χ0v) is 15.4. The Labute approximate surface area is 157 Å². The molecule has 6 nitrogen and oxygen atoms in total. The normalized spacial score (nSPS) is 17.4. The zero-order chi connectivity index (χ0) is 17.9. The molecule has 0 amide bonds. The van der Waals surface area contributed by atoms with E-state index in [4.69, 9.17) is 4.74 Å². The average Bonchev–Trinajstić information content (AvgIpc) is 3.36. The van der Waals surface area contributed by atoms with Gasteiger partial charge in [-0.05, 0) is 25.0 Å². The lowest BCUT2D eigenvalue weighted by Gasteiger charge is -2.08. The van der Waals surface area contributed by atoms with E-state index in [1.807, 2.05) is 0 Å². The van der Waals surface area contributed by atoms with Gasteiger partial charge in [0.2, 0.25) is 5.13 Å². The second kappa shape index (κ2) is 7.85. The van der Waals surface area contributed by atoms with Crippen LogP contribution in [-0.2, 0) is 10.5 Å². The van der Waals surface area contributed by atoms with Gasteiger partial charge in [0.15, 0.2) is 4.34 Å². The second-order valence-electron chi connectivity index (χ2n) is 5.84. The summed E-state index contributed by atoms with van der Waals surface area (Å²) in [5.41, 5.74) is 1.01. The summed E-state index contributed by atoms with van der Waals surface area (Å²) in [6, 6.07) is 6.91. The number of rotatable bonds is 7. The minimum atomic E-state index is -2.63. The summed E-state index contributed by atoms with van der Waals surface area (Å²) in [7, 11) is 0. The Bertz CT molecular complexity index is 879. The Morgan fingerprint density at radius 3 is 3.04 bits per heavy atom. The second-order valence-corrected chi connectivity index (χ2v) is 8.04. The van der Waals surface area contributed by atoms with Crippen molar-refractivity contribution in [2.24, 2.45) is 0 Å².